The molecule has 3 nitrogen and oxygen atoms in total. The number of pyridine rings is 1. The lowest BCUT2D eigenvalue weighted by molar-refractivity contribution is 0.267. The number of rotatable bonds is 1. The summed E-state index contributed by atoms with van der Waals surface area (Å²) in [7, 11) is 0. The first-order valence-corrected chi connectivity index (χ1v) is 4.90. The molecule has 0 aliphatic rings. The Labute approximate surface area is 85.3 Å². The van der Waals surface area contributed by atoms with Crippen molar-refractivity contribution in [2.24, 2.45) is 5.73 Å². The number of amides is 1. The predicted octanol–water partition coefficient (Wildman–Crippen LogP) is 2.41. The zero-order valence-corrected chi connectivity index (χ0v) is 8.12. The number of hydrogen-bond acceptors (Lipinski definition) is 3. The fourth-order valence-corrected chi connectivity index (χ4v) is 1.87. The van der Waals surface area contributed by atoms with E-state index in [0.717, 1.165) is 22.5 Å². The van der Waals surface area contributed by atoms with Crippen LogP contribution < -0.4 is 5.73 Å². The Hall–Kier alpha value is -1.55. The number of carbonyl (C=O) groups excluding carboxylic acids is 1. The molecule has 0 saturated carbocycles. The van der Waals surface area contributed by atoms with Crippen LogP contribution in [0.3, 0.4) is 0 Å². The summed E-state index contributed by atoms with van der Waals surface area (Å²) >= 11 is 0.956. The number of hydrogen-bond donors (Lipinski definition) is 1. The van der Waals surface area contributed by atoms with Crippen LogP contribution in [0, 0.1) is 0 Å². The lowest BCUT2D eigenvalue weighted by atomic mass is 10.2. The average Bonchev–Trinajstić information content (AvgIpc) is 2.18. The normalized spacial score (nSPS) is 10.3. The number of thioether (sulfide) groups is 1. The van der Waals surface area contributed by atoms with Gasteiger partial charge in [-0.15, -0.1) is 0 Å². The molecule has 0 saturated heterocycles. The van der Waals surface area contributed by atoms with Gasteiger partial charge >= 0.3 is 0 Å². The van der Waals surface area contributed by atoms with E-state index >= 15 is 0 Å². The molecule has 0 aliphatic heterocycles. The molecule has 1 aromatic carbocycles. The Morgan fingerprint density at radius 3 is 2.86 bits per heavy atom. The van der Waals surface area contributed by atoms with Crippen molar-refractivity contribution in [2.75, 3.05) is 0 Å². The third-order valence-electron chi connectivity index (χ3n) is 1.83. The number of aromatic nitrogens is 1. The van der Waals surface area contributed by atoms with E-state index in [9.17, 15) is 4.79 Å². The summed E-state index contributed by atoms with van der Waals surface area (Å²) in [6, 6.07) is 9.66. The van der Waals surface area contributed by atoms with Crippen molar-refractivity contribution in [3.8, 4) is 0 Å². The molecule has 1 amide bonds. The van der Waals surface area contributed by atoms with Crippen LogP contribution in [0.5, 0.6) is 0 Å². The summed E-state index contributed by atoms with van der Waals surface area (Å²) in [5, 5.41) is 2.24. The average molecular weight is 204 g/mol. The number of carbonyl (C=O) groups is 1. The maximum atomic E-state index is 10.8. The number of primary amides is 1. The van der Waals surface area contributed by atoms with Crippen molar-refractivity contribution in [3.63, 3.8) is 0 Å². The van der Waals surface area contributed by atoms with E-state index in [4.69, 9.17) is 5.73 Å². The van der Waals surface area contributed by atoms with Gasteiger partial charge in [0.25, 0.3) is 5.24 Å². The lowest BCUT2D eigenvalue weighted by Crippen LogP contribution is -2.02. The quantitative estimate of drug-likeness (QED) is 0.726. The molecule has 0 spiro atoms. The van der Waals surface area contributed by atoms with Crippen LogP contribution in [0.4, 0.5) is 4.79 Å². The molecular formula is C10H8N2OS. The van der Waals surface area contributed by atoms with Crippen molar-refractivity contribution in [2.45, 2.75) is 5.03 Å². The zero-order chi connectivity index (χ0) is 9.97. The molecule has 0 radical (unpaired) electrons. The van der Waals surface area contributed by atoms with E-state index in [0.29, 0.717) is 5.03 Å². The highest BCUT2D eigenvalue weighted by molar-refractivity contribution is 8.13. The minimum Gasteiger partial charge on any atom is -0.360 e. The minimum atomic E-state index is -0.436. The third kappa shape index (κ3) is 1.70. The number of nitrogens with two attached hydrogens (primary N) is 1. The Kier molecular flexibility index (Phi) is 2.37. The summed E-state index contributed by atoms with van der Waals surface area (Å²) in [6.07, 6.45) is 1.67. The van der Waals surface area contributed by atoms with E-state index in [2.05, 4.69) is 4.98 Å². The fraction of sp³-hybridized carbons (Fsp3) is 0. The molecule has 70 valence electrons. The van der Waals surface area contributed by atoms with Gasteiger partial charge in [-0.2, -0.15) is 0 Å². The van der Waals surface area contributed by atoms with Crippen LogP contribution in [0.25, 0.3) is 10.8 Å². The first kappa shape index (κ1) is 9.02. The molecule has 0 atom stereocenters. The number of benzene rings is 1. The smallest absolute Gasteiger partial charge is 0.282 e. The van der Waals surface area contributed by atoms with Gasteiger partial charge in [0.05, 0.1) is 0 Å². The highest BCUT2D eigenvalue weighted by Gasteiger charge is 2.05. The Morgan fingerprint density at radius 1 is 1.29 bits per heavy atom. The summed E-state index contributed by atoms with van der Waals surface area (Å²) in [5.41, 5.74) is 5.10. The largest absolute Gasteiger partial charge is 0.360 e. The first-order valence-electron chi connectivity index (χ1n) is 4.08. The second kappa shape index (κ2) is 3.67. The number of fused-ring (bicyclic) bond motifs is 1. The Morgan fingerprint density at radius 2 is 2.07 bits per heavy atom. The van der Waals surface area contributed by atoms with Crippen molar-refractivity contribution < 1.29 is 4.79 Å². The topological polar surface area (TPSA) is 56.0 Å². The van der Waals surface area contributed by atoms with E-state index in [-0.39, 0.29) is 0 Å². The van der Waals surface area contributed by atoms with Gasteiger partial charge in [-0.05, 0) is 23.2 Å². The monoisotopic (exact) mass is 204 g/mol. The van der Waals surface area contributed by atoms with Crippen molar-refractivity contribution in [1.82, 2.24) is 4.98 Å². The van der Waals surface area contributed by atoms with Gasteiger partial charge in [-0.3, -0.25) is 4.79 Å². The van der Waals surface area contributed by atoms with Crippen LogP contribution in [0.1, 0.15) is 0 Å². The first-order chi connectivity index (χ1) is 6.77. The van der Waals surface area contributed by atoms with Gasteiger partial charge in [0.2, 0.25) is 0 Å². The molecule has 0 aliphatic carbocycles. The third-order valence-corrected chi connectivity index (χ3v) is 2.55. The molecule has 0 unspecified atom stereocenters. The van der Waals surface area contributed by atoms with Gasteiger partial charge in [0.15, 0.2) is 0 Å². The van der Waals surface area contributed by atoms with E-state index < -0.39 is 5.24 Å². The molecule has 2 aromatic rings. The van der Waals surface area contributed by atoms with Crippen molar-refractivity contribution in [3.05, 3.63) is 36.5 Å². The van der Waals surface area contributed by atoms with Crippen LogP contribution in [-0.4, -0.2) is 10.2 Å². The van der Waals surface area contributed by atoms with E-state index in [1.165, 1.54) is 0 Å². The van der Waals surface area contributed by atoms with Gasteiger partial charge in [-0.1, -0.05) is 24.3 Å². The maximum absolute atomic E-state index is 10.8. The molecule has 2 N–H and O–H groups in total. The van der Waals surface area contributed by atoms with Crippen LogP contribution in [0.15, 0.2) is 41.6 Å². The van der Waals surface area contributed by atoms with Gasteiger partial charge in [-0.25, -0.2) is 4.98 Å². The standard InChI is InChI=1S/C10H8N2OS/c11-10(13)14-9-8-4-2-1-3-7(8)5-6-12-9/h1-6H,(H2,11,13). The Bertz CT molecular complexity index is 479. The molecular weight excluding hydrogens is 196 g/mol. The van der Waals surface area contributed by atoms with Crippen LogP contribution in [0.2, 0.25) is 0 Å². The van der Waals surface area contributed by atoms with E-state index in [1.807, 2.05) is 30.3 Å². The summed E-state index contributed by atoms with van der Waals surface area (Å²) in [6.45, 7) is 0. The molecule has 2 rings (SSSR count). The maximum Gasteiger partial charge on any atom is 0.282 e. The zero-order valence-electron chi connectivity index (χ0n) is 7.31. The molecule has 4 heteroatoms. The second-order valence-corrected chi connectivity index (χ2v) is 3.75. The molecule has 14 heavy (non-hydrogen) atoms. The molecule has 1 heterocycles. The van der Waals surface area contributed by atoms with E-state index in [1.54, 1.807) is 6.20 Å². The van der Waals surface area contributed by atoms with Crippen LogP contribution >= 0.6 is 11.8 Å². The highest BCUT2D eigenvalue weighted by atomic mass is 32.2. The van der Waals surface area contributed by atoms with Crippen LogP contribution in [-0.2, 0) is 0 Å². The highest BCUT2D eigenvalue weighted by Crippen LogP contribution is 2.24. The molecule has 1 aromatic heterocycles. The van der Waals surface area contributed by atoms with Gasteiger partial charge in [0, 0.05) is 11.6 Å². The van der Waals surface area contributed by atoms with Gasteiger partial charge in [0.1, 0.15) is 5.03 Å². The Balaban J connectivity index is 2.59. The summed E-state index contributed by atoms with van der Waals surface area (Å²) in [5.74, 6) is 0. The summed E-state index contributed by atoms with van der Waals surface area (Å²) < 4.78 is 0. The SMILES string of the molecule is NC(=O)Sc1nccc2ccccc12. The lowest BCUT2D eigenvalue weighted by Gasteiger charge is -2.01. The molecule has 0 bridgehead atoms. The minimum absolute atomic E-state index is 0.436. The second-order valence-electron chi connectivity index (χ2n) is 2.76. The van der Waals surface area contributed by atoms with Crippen molar-refractivity contribution >= 4 is 27.8 Å². The van der Waals surface area contributed by atoms with Gasteiger partial charge < -0.3 is 5.73 Å². The number of nitrogens with zero attached hydrogens (tertiary/aromatic N) is 1. The predicted molar refractivity (Wildman–Crippen MR) is 57.2 cm³/mol. The molecule has 0 fully saturated rings. The summed E-state index contributed by atoms with van der Waals surface area (Å²) in [4.78, 5) is 14.9. The van der Waals surface area contributed by atoms with Crippen molar-refractivity contribution in [1.29, 1.82) is 0 Å². The fourth-order valence-electron chi connectivity index (χ4n) is 1.27.